The molecule has 0 spiro atoms. The van der Waals surface area contributed by atoms with Crippen LogP contribution in [-0.2, 0) is 11.2 Å². The molecule has 3 rings (SSSR count). The van der Waals surface area contributed by atoms with Gasteiger partial charge in [-0.05, 0) is 25.3 Å². The van der Waals surface area contributed by atoms with Crippen molar-refractivity contribution >= 4 is 5.91 Å². The molecule has 0 aliphatic carbocycles. The number of rotatable bonds is 8. The van der Waals surface area contributed by atoms with Crippen LogP contribution in [0.3, 0.4) is 0 Å². The third kappa shape index (κ3) is 5.26. The van der Waals surface area contributed by atoms with E-state index >= 15 is 0 Å². The monoisotopic (exact) mass is 363 g/mol. The Balaban J connectivity index is 1.48. The highest BCUT2D eigenvalue weighted by atomic mass is 16.5. The Hall–Kier alpha value is -2.95. The SMILES string of the molecule is CCC(NC(=O)CCCc1nc(-c2ccccc2)no1)c1ccc(C)cc1. The van der Waals surface area contributed by atoms with Crippen molar-refractivity contribution in [2.45, 2.75) is 45.6 Å². The lowest BCUT2D eigenvalue weighted by atomic mass is 10.0. The number of hydrogen-bond acceptors (Lipinski definition) is 4. The number of hydrogen-bond donors (Lipinski definition) is 1. The summed E-state index contributed by atoms with van der Waals surface area (Å²) in [6.07, 6.45) is 2.56. The summed E-state index contributed by atoms with van der Waals surface area (Å²) in [6.45, 7) is 4.14. The zero-order valence-electron chi connectivity index (χ0n) is 15.8. The fourth-order valence-electron chi connectivity index (χ4n) is 2.95. The smallest absolute Gasteiger partial charge is 0.226 e. The summed E-state index contributed by atoms with van der Waals surface area (Å²) in [4.78, 5) is 16.7. The highest BCUT2D eigenvalue weighted by molar-refractivity contribution is 5.76. The van der Waals surface area contributed by atoms with Crippen LogP contribution in [0.4, 0.5) is 0 Å². The summed E-state index contributed by atoms with van der Waals surface area (Å²) in [5.74, 6) is 1.19. The number of carbonyl (C=O) groups excluding carboxylic acids is 1. The molecule has 140 valence electrons. The van der Waals surface area contributed by atoms with E-state index in [1.165, 1.54) is 5.56 Å². The zero-order valence-corrected chi connectivity index (χ0v) is 15.8. The maximum absolute atomic E-state index is 12.3. The molecular formula is C22H25N3O2. The van der Waals surface area contributed by atoms with E-state index in [0.29, 0.717) is 31.0 Å². The molecule has 3 aromatic rings. The summed E-state index contributed by atoms with van der Waals surface area (Å²) in [5, 5.41) is 7.12. The normalized spacial score (nSPS) is 11.9. The second-order valence-corrected chi connectivity index (χ2v) is 6.67. The van der Waals surface area contributed by atoms with Gasteiger partial charge in [0.2, 0.25) is 17.6 Å². The number of carbonyl (C=O) groups is 1. The number of nitrogens with one attached hydrogen (secondary N) is 1. The van der Waals surface area contributed by atoms with Gasteiger partial charge in [-0.3, -0.25) is 4.79 Å². The largest absolute Gasteiger partial charge is 0.349 e. The van der Waals surface area contributed by atoms with Crippen LogP contribution < -0.4 is 5.32 Å². The van der Waals surface area contributed by atoms with Crippen LogP contribution in [-0.4, -0.2) is 16.0 Å². The van der Waals surface area contributed by atoms with E-state index in [0.717, 1.165) is 17.5 Å². The predicted molar refractivity (Wildman–Crippen MR) is 105 cm³/mol. The molecule has 1 aromatic heterocycles. The first-order valence-corrected chi connectivity index (χ1v) is 9.39. The van der Waals surface area contributed by atoms with Gasteiger partial charge in [0, 0.05) is 18.4 Å². The van der Waals surface area contributed by atoms with Crippen molar-refractivity contribution in [1.82, 2.24) is 15.5 Å². The van der Waals surface area contributed by atoms with Gasteiger partial charge in [-0.1, -0.05) is 72.2 Å². The van der Waals surface area contributed by atoms with Gasteiger partial charge < -0.3 is 9.84 Å². The molecule has 1 atom stereocenters. The fraction of sp³-hybridized carbons (Fsp3) is 0.318. The fourth-order valence-corrected chi connectivity index (χ4v) is 2.95. The third-order valence-electron chi connectivity index (χ3n) is 4.52. The summed E-state index contributed by atoms with van der Waals surface area (Å²) in [6, 6.07) is 18.1. The van der Waals surface area contributed by atoms with E-state index in [-0.39, 0.29) is 11.9 Å². The maximum atomic E-state index is 12.3. The highest BCUT2D eigenvalue weighted by Crippen LogP contribution is 2.18. The van der Waals surface area contributed by atoms with Gasteiger partial charge in [0.15, 0.2) is 0 Å². The van der Waals surface area contributed by atoms with E-state index in [2.05, 4.69) is 53.6 Å². The van der Waals surface area contributed by atoms with Crippen molar-refractivity contribution in [2.75, 3.05) is 0 Å². The predicted octanol–water partition coefficient (Wildman–Crippen LogP) is 4.64. The number of amides is 1. The Morgan fingerprint density at radius 2 is 1.85 bits per heavy atom. The average Bonchev–Trinajstić information content (AvgIpc) is 3.16. The molecule has 0 aliphatic rings. The Labute approximate surface area is 159 Å². The molecule has 0 bridgehead atoms. The van der Waals surface area contributed by atoms with Crippen LogP contribution in [0.5, 0.6) is 0 Å². The average molecular weight is 363 g/mol. The van der Waals surface area contributed by atoms with Crippen molar-refractivity contribution in [3.05, 3.63) is 71.6 Å². The molecule has 1 amide bonds. The van der Waals surface area contributed by atoms with Crippen LogP contribution in [0, 0.1) is 6.92 Å². The molecule has 27 heavy (non-hydrogen) atoms. The first-order chi connectivity index (χ1) is 13.2. The van der Waals surface area contributed by atoms with Crippen LogP contribution in [0.2, 0.25) is 0 Å². The Morgan fingerprint density at radius 1 is 1.11 bits per heavy atom. The maximum Gasteiger partial charge on any atom is 0.226 e. The number of aryl methyl sites for hydroxylation is 2. The summed E-state index contributed by atoms with van der Waals surface area (Å²) in [7, 11) is 0. The Bertz CT molecular complexity index is 857. The molecule has 0 saturated carbocycles. The van der Waals surface area contributed by atoms with Gasteiger partial charge in [0.25, 0.3) is 0 Å². The van der Waals surface area contributed by atoms with E-state index in [4.69, 9.17) is 4.52 Å². The molecule has 0 saturated heterocycles. The lowest BCUT2D eigenvalue weighted by Gasteiger charge is -2.17. The van der Waals surface area contributed by atoms with Crippen LogP contribution in [0.1, 0.15) is 49.2 Å². The summed E-state index contributed by atoms with van der Waals surface area (Å²) < 4.78 is 5.29. The topological polar surface area (TPSA) is 68.0 Å². The Kier molecular flexibility index (Phi) is 6.36. The van der Waals surface area contributed by atoms with Gasteiger partial charge in [-0.25, -0.2) is 0 Å². The van der Waals surface area contributed by atoms with E-state index in [1.54, 1.807) is 0 Å². The number of aromatic nitrogens is 2. The van der Waals surface area contributed by atoms with Gasteiger partial charge in [0.05, 0.1) is 6.04 Å². The lowest BCUT2D eigenvalue weighted by molar-refractivity contribution is -0.122. The molecule has 1 N–H and O–H groups in total. The van der Waals surface area contributed by atoms with Gasteiger partial charge in [-0.2, -0.15) is 4.98 Å². The minimum atomic E-state index is 0.0465. The minimum absolute atomic E-state index is 0.0465. The molecule has 5 nitrogen and oxygen atoms in total. The van der Waals surface area contributed by atoms with Crippen molar-refractivity contribution in [2.24, 2.45) is 0 Å². The third-order valence-corrected chi connectivity index (χ3v) is 4.52. The zero-order chi connectivity index (χ0) is 19.1. The lowest BCUT2D eigenvalue weighted by Crippen LogP contribution is -2.28. The molecular weight excluding hydrogens is 338 g/mol. The quantitative estimate of drug-likeness (QED) is 0.633. The molecule has 1 unspecified atom stereocenters. The van der Waals surface area contributed by atoms with Crippen molar-refractivity contribution in [1.29, 1.82) is 0 Å². The van der Waals surface area contributed by atoms with Gasteiger partial charge in [0.1, 0.15) is 0 Å². The number of nitrogens with zero attached hydrogens (tertiary/aromatic N) is 2. The molecule has 1 heterocycles. The van der Waals surface area contributed by atoms with Crippen molar-refractivity contribution in [3.8, 4) is 11.4 Å². The van der Waals surface area contributed by atoms with E-state index in [9.17, 15) is 4.79 Å². The van der Waals surface area contributed by atoms with Crippen LogP contribution in [0.25, 0.3) is 11.4 Å². The van der Waals surface area contributed by atoms with Crippen LogP contribution in [0.15, 0.2) is 59.1 Å². The summed E-state index contributed by atoms with van der Waals surface area (Å²) in [5.41, 5.74) is 3.28. The standard InChI is InChI=1S/C22H25N3O2/c1-3-19(17-14-12-16(2)13-15-17)23-20(26)10-7-11-21-24-22(25-27-21)18-8-5-4-6-9-18/h4-6,8-9,12-15,19H,3,7,10-11H2,1-2H3,(H,23,26). The van der Waals surface area contributed by atoms with E-state index < -0.39 is 0 Å². The van der Waals surface area contributed by atoms with Gasteiger partial charge in [-0.15, -0.1) is 0 Å². The second kappa shape index (κ2) is 9.12. The second-order valence-electron chi connectivity index (χ2n) is 6.67. The minimum Gasteiger partial charge on any atom is -0.349 e. The van der Waals surface area contributed by atoms with Gasteiger partial charge >= 0.3 is 0 Å². The molecule has 2 aromatic carbocycles. The molecule has 5 heteroatoms. The van der Waals surface area contributed by atoms with Crippen molar-refractivity contribution in [3.63, 3.8) is 0 Å². The van der Waals surface area contributed by atoms with Crippen molar-refractivity contribution < 1.29 is 9.32 Å². The number of benzene rings is 2. The molecule has 0 aliphatic heterocycles. The van der Waals surface area contributed by atoms with Crippen LogP contribution >= 0.6 is 0 Å². The highest BCUT2D eigenvalue weighted by Gasteiger charge is 2.13. The first kappa shape index (κ1) is 18.8. The Morgan fingerprint density at radius 3 is 2.56 bits per heavy atom. The first-order valence-electron chi connectivity index (χ1n) is 9.39. The van der Waals surface area contributed by atoms with E-state index in [1.807, 2.05) is 30.3 Å². The summed E-state index contributed by atoms with van der Waals surface area (Å²) >= 11 is 0. The molecule has 0 fully saturated rings. The molecule has 0 radical (unpaired) electrons.